The van der Waals surface area contributed by atoms with E-state index in [2.05, 4.69) is 4.98 Å². The van der Waals surface area contributed by atoms with Crippen LogP contribution in [0.4, 0.5) is 4.39 Å². The molecule has 0 amide bonds. The normalized spacial score (nSPS) is 10.3. The molecule has 1 aromatic heterocycles. The Hall–Kier alpha value is -1.74. The van der Waals surface area contributed by atoms with Crippen molar-refractivity contribution in [3.8, 4) is 11.1 Å². The van der Waals surface area contributed by atoms with Gasteiger partial charge in [0.2, 0.25) is 0 Å². The Bertz CT molecular complexity index is 456. The SMILES string of the molecule is OCc1cc(F)cc(-c2cccnc2)c1. The molecule has 2 nitrogen and oxygen atoms in total. The third kappa shape index (κ3) is 2.19. The van der Waals surface area contributed by atoms with Crippen LogP contribution in [-0.2, 0) is 6.61 Å². The first-order valence-electron chi connectivity index (χ1n) is 4.60. The molecule has 0 spiro atoms. The van der Waals surface area contributed by atoms with Crippen LogP contribution in [0.2, 0.25) is 0 Å². The van der Waals surface area contributed by atoms with E-state index < -0.39 is 0 Å². The van der Waals surface area contributed by atoms with E-state index in [0.29, 0.717) is 5.56 Å². The average molecular weight is 203 g/mol. The van der Waals surface area contributed by atoms with Gasteiger partial charge in [0.15, 0.2) is 0 Å². The van der Waals surface area contributed by atoms with Gasteiger partial charge in [-0.2, -0.15) is 0 Å². The van der Waals surface area contributed by atoms with Crippen molar-refractivity contribution in [1.29, 1.82) is 0 Å². The standard InChI is InChI=1S/C12H10FNO/c13-12-5-9(8-15)4-11(6-12)10-2-1-3-14-7-10/h1-7,15H,8H2. The van der Waals surface area contributed by atoms with Gasteiger partial charge < -0.3 is 5.11 Å². The van der Waals surface area contributed by atoms with Gasteiger partial charge in [-0.15, -0.1) is 0 Å². The fourth-order valence-electron chi connectivity index (χ4n) is 1.44. The predicted molar refractivity (Wildman–Crippen MR) is 55.6 cm³/mol. The number of halogens is 1. The van der Waals surface area contributed by atoms with Crippen LogP contribution in [0.15, 0.2) is 42.7 Å². The Morgan fingerprint density at radius 1 is 1.20 bits per heavy atom. The van der Waals surface area contributed by atoms with Crippen molar-refractivity contribution in [1.82, 2.24) is 4.98 Å². The van der Waals surface area contributed by atoms with Gasteiger partial charge in [0.1, 0.15) is 5.82 Å². The number of nitrogens with zero attached hydrogens (tertiary/aromatic N) is 1. The van der Waals surface area contributed by atoms with Gasteiger partial charge >= 0.3 is 0 Å². The summed E-state index contributed by atoms with van der Waals surface area (Å²) in [6.45, 7) is -0.162. The molecule has 0 bridgehead atoms. The lowest BCUT2D eigenvalue weighted by Crippen LogP contribution is -1.88. The molecule has 0 aliphatic rings. The second-order valence-electron chi connectivity index (χ2n) is 3.25. The molecule has 1 N–H and O–H groups in total. The van der Waals surface area contributed by atoms with Crippen LogP contribution in [0.25, 0.3) is 11.1 Å². The molecule has 76 valence electrons. The first kappa shape index (κ1) is 9.80. The Balaban J connectivity index is 2.49. The molecule has 0 atom stereocenters. The number of aliphatic hydroxyl groups excluding tert-OH is 1. The summed E-state index contributed by atoms with van der Waals surface area (Å²) < 4.78 is 13.2. The van der Waals surface area contributed by atoms with Crippen LogP contribution in [0.1, 0.15) is 5.56 Å². The van der Waals surface area contributed by atoms with Crippen molar-refractivity contribution in [2.75, 3.05) is 0 Å². The Labute approximate surface area is 87.0 Å². The van der Waals surface area contributed by atoms with Crippen molar-refractivity contribution >= 4 is 0 Å². The molecular formula is C12H10FNO. The largest absolute Gasteiger partial charge is 0.392 e. The van der Waals surface area contributed by atoms with Crippen molar-refractivity contribution in [2.24, 2.45) is 0 Å². The molecule has 0 saturated carbocycles. The summed E-state index contributed by atoms with van der Waals surface area (Å²) >= 11 is 0. The Kier molecular flexibility index (Phi) is 2.74. The van der Waals surface area contributed by atoms with Gasteiger partial charge in [0.05, 0.1) is 6.61 Å². The highest BCUT2D eigenvalue weighted by Gasteiger charge is 2.02. The summed E-state index contributed by atoms with van der Waals surface area (Å²) in [6, 6.07) is 8.14. The second-order valence-corrected chi connectivity index (χ2v) is 3.25. The number of aromatic nitrogens is 1. The summed E-state index contributed by atoms with van der Waals surface area (Å²) in [5, 5.41) is 8.95. The van der Waals surface area contributed by atoms with E-state index in [1.807, 2.05) is 6.07 Å². The topological polar surface area (TPSA) is 33.1 Å². The fraction of sp³-hybridized carbons (Fsp3) is 0.0833. The summed E-state index contributed by atoms with van der Waals surface area (Å²) in [7, 11) is 0. The smallest absolute Gasteiger partial charge is 0.124 e. The Morgan fingerprint density at radius 3 is 2.73 bits per heavy atom. The van der Waals surface area contributed by atoms with Crippen molar-refractivity contribution in [3.05, 3.63) is 54.1 Å². The lowest BCUT2D eigenvalue weighted by Gasteiger charge is -2.03. The van der Waals surface area contributed by atoms with E-state index in [4.69, 9.17) is 5.11 Å². The predicted octanol–water partition coefficient (Wildman–Crippen LogP) is 2.38. The molecule has 2 aromatic rings. The molecule has 1 aromatic carbocycles. The average Bonchev–Trinajstić information content (AvgIpc) is 2.29. The summed E-state index contributed by atoms with van der Waals surface area (Å²) in [5.74, 6) is -0.347. The van der Waals surface area contributed by atoms with Gasteiger partial charge in [-0.25, -0.2) is 4.39 Å². The lowest BCUT2D eigenvalue weighted by molar-refractivity contribution is 0.281. The quantitative estimate of drug-likeness (QED) is 0.812. The maximum atomic E-state index is 13.2. The zero-order valence-corrected chi connectivity index (χ0v) is 8.02. The highest BCUT2D eigenvalue weighted by molar-refractivity contribution is 5.63. The summed E-state index contributed by atoms with van der Waals surface area (Å²) in [6.07, 6.45) is 3.33. The summed E-state index contributed by atoms with van der Waals surface area (Å²) in [5.41, 5.74) is 2.13. The van der Waals surface area contributed by atoms with Gasteiger partial charge in [-0.1, -0.05) is 6.07 Å². The molecule has 0 saturated heterocycles. The molecule has 15 heavy (non-hydrogen) atoms. The van der Waals surface area contributed by atoms with Crippen LogP contribution in [-0.4, -0.2) is 10.1 Å². The third-order valence-electron chi connectivity index (χ3n) is 2.14. The molecular weight excluding hydrogens is 193 g/mol. The number of benzene rings is 1. The molecule has 3 heteroatoms. The van der Waals surface area contributed by atoms with E-state index in [1.54, 1.807) is 24.5 Å². The molecule has 0 aliphatic heterocycles. The van der Waals surface area contributed by atoms with E-state index in [0.717, 1.165) is 11.1 Å². The van der Waals surface area contributed by atoms with Crippen LogP contribution < -0.4 is 0 Å². The first-order valence-corrected chi connectivity index (χ1v) is 4.60. The van der Waals surface area contributed by atoms with Gasteiger partial charge in [-0.3, -0.25) is 4.98 Å². The maximum Gasteiger partial charge on any atom is 0.124 e. The first-order chi connectivity index (χ1) is 7.29. The molecule has 2 rings (SSSR count). The van der Waals surface area contributed by atoms with Crippen molar-refractivity contribution < 1.29 is 9.50 Å². The molecule has 0 aliphatic carbocycles. The van der Waals surface area contributed by atoms with E-state index in [9.17, 15) is 4.39 Å². The van der Waals surface area contributed by atoms with Gasteiger partial charge in [-0.05, 0) is 35.4 Å². The van der Waals surface area contributed by atoms with Gasteiger partial charge in [0.25, 0.3) is 0 Å². The van der Waals surface area contributed by atoms with Crippen molar-refractivity contribution in [2.45, 2.75) is 6.61 Å². The lowest BCUT2D eigenvalue weighted by atomic mass is 10.0. The van der Waals surface area contributed by atoms with E-state index in [1.165, 1.54) is 12.1 Å². The third-order valence-corrected chi connectivity index (χ3v) is 2.14. The zero-order valence-electron chi connectivity index (χ0n) is 8.02. The number of pyridine rings is 1. The van der Waals surface area contributed by atoms with Crippen LogP contribution in [0.3, 0.4) is 0 Å². The van der Waals surface area contributed by atoms with E-state index in [-0.39, 0.29) is 12.4 Å². The van der Waals surface area contributed by atoms with Crippen LogP contribution >= 0.6 is 0 Å². The zero-order chi connectivity index (χ0) is 10.7. The minimum Gasteiger partial charge on any atom is -0.392 e. The Morgan fingerprint density at radius 2 is 2.07 bits per heavy atom. The molecule has 0 unspecified atom stereocenters. The fourth-order valence-corrected chi connectivity index (χ4v) is 1.44. The monoisotopic (exact) mass is 203 g/mol. The number of hydrogen-bond donors (Lipinski definition) is 1. The van der Waals surface area contributed by atoms with Crippen LogP contribution in [0.5, 0.6) is 0 Å². The molecule has 0 radical (unpaired) electrons. The van der Waals surface area contributed by atoms with E-state index >= 15 is 0 Å². The highest BCUT2D eigenvalue weighted by Crippen LogP contribution is 2.20. The minimum absolute atomic E-state index is 0.162. The summed E-state index contributed by atoms with van der Waals surface area (Å²) in [4.78, 5) is 3.96. The number of hydrogen-bond acceptors (Lipinski definition) is 2. The second kappa shape index (κ2) is 4.19. The molecule has 0 fully saturated rings. The molecule has 1 heterocycles. The van der Waals surface area contributed by atoms with Gasteiger partial charge in [0, 0.05) is 18.0 Å². The number of rotatable bonds is 2. The minimum atomic E-state index is -0.347. The highest BCUT2D eigenvalue weighted by atomic mass is 19.1. The maximum absolute atomic E-state index is 13.2. The van der Waals surface area contributed by atoms with Crippen molar-refractivity contribution in [3.63, 3.8) is 0 Å². The number of aliphatic hydroxyl groups is 1. The van der Waals surface area contributed by atoms with Crippen LogP contribution in [0, 0.1) is 5.82 Å².